The molecule has 1 nitrogen and oxygen atoms in total. The molecule has 0 amide bonds. The van der Waals surface area contributed by atoms with Gasteiger partial charge in [0.15, 0.2) is 0 Å². The number of halogens is 2. The van der Waals surface area contributed by atoms with Crippen molar-refractivity contribution in [3.05, 3.63) is 28.0 Å². The van der Waals surface area contributed by atoms with E-state index in [1.807, 2.05) is 19.9 Å². The standard InChI is InChI=1S/C10H12BrFO/c1-6(2)7-4-8(12)10(11)9(5-7)13-3/h4-6H,1-3H3. The van der Waals surface area contributed by atoms with Crippen LogP contribution in [-0.4, -0.2) is 7.11 Å². The Labute approximate surface area is 86.0 Å². The molecule has 0 unspecified atom stereocenters. The van der Waals surface area contributed by atoms with Crippen LogP contribution in [0.3, 0.4) is 0 Å². The smallest absolute Gasteiger partial charge is 0.141 e. The minimum absolute atomic E-state index is 0.275. The summed E-state index contributed by atoms with van der Waals surface area (Å²) in [7, 11) is 1.53. The topological polar surface area (TPSA) is 9.23 Å². The van der Waals surface area contributed by atoms with Crippen LogP contribution < -0.4 is 4.74 Å². The second-order valence-electron chi connectivity index (χ2n) is 3.17. The van der Waals surface area contributed by atoms with Crippen LogP contribution in [0.15, 0.2) is 16.6 Å². The van der Waals surface area contributed by atoms with Crippen LogP contribution in [0.25, 0.3) is 0 Å². The van der Waals surface area contributed by atoms with Gasteiger partial charge in [0.1, 0.15) is 11.6 Å². The maximum Gasteiger partial charge on any atom is 0.141 e. The van der Waals surface area contributed by atoms with Crippen LogP contribution in [0.4, 0.5) is 4.39 Å². The van der Waals surface area contributed by atoms with Crippen LogP contribution >= 0.6 is 15.9 Å². The molecule has 0 spiro atoms. The molecule has 0 fully saturated rings. The highest BCUT2D eigenvalue weighted by molar-refractivity contribution is 9.10. The summed E-state index contributed by atoms with van der Waals surface area (Å²) in [6.45, 7) is 4.03. The minimum atomic E-state index is -0.275. The van der Waals surface area contributed by atoms with Gasteiger partial charge in [-0.2, -0.15) is 0 Å². The van der Waals surface area contributed by atoms with Gasteiger partial charge < -0.3 is 4.74 Å². The highest BCUT2D eigenvalue weighted by Crippen LogP contribution is 2.31. The number of rotatable bonds is 2. The van der Waals surface area contributed by atoms with Crippen LogP contribution in [0.1, 0.15) is 25.3 Å². The van der Waals surface area contributed by atoms with E-state index in [1.54, 1.807) is 0 Å². The molecule has 0 aliphatic rings. The summed E-state index contributed by atoms with van der Waals surface area (Å²) in [5, 5.41) is 0. The molecule has 0 heterocycles. The third-order valence-electron chi connectivity index (χ3n) is 1.90. The number of hydrogen-bond donors (Lipinski definition) is 0. The molecule has 0 aliphatic heterocycles. The fourth-order valence-corrected chi connectivity index (χ4v) is 1.46. The lowest BCUT2D eigenvalue weighted by Crippen LogP contribution is -1.93. The van der Waals surface area contributed by atoms with E-state index in [0.29, 0.717) is 16.1 Å². The molecule has 3 heteroatoms. The highest BCUT2D eigenvalue weighted by atomic mass is 79.9. The molecule has 0 saturated carbocycles. The molecule has 0 aliphatic carbocycles. The van der Waals surface area contributed by atoms with Gasteiger partial charge in [0, 0.05) is 0 Å². The van der Waals surface area contributed by atoms with E-state index in [-0.39, 0.29) is 5.82 Å². The lowest BCUT2D eigenvalue weighted by Gasteiger charge is -2.10. The molecule has 0 atom stereocenters. The predicted octanol–water partition coefficient (Wildman–Crippen LogP) is 3.72. The molecule has 1 aromatic rings. The van der Waals surface area contributed by atoms with Gasteiger partial charge in [-0.15, -0.1) is 0 Å². The van der Waals surface area contributed by atoms with Gasteiger partial charge in [0.05, 0.1) is 11.6 Å². The van der Waals surface area contributed by atoms with Crippen molar-refractivity contribution in [2.75, 3.05) is 7.11 Å². The van der Waals surface area contributed by atoms with Gasteiger partial charge in [-0.1, -0.05) is 13.8 Å². The zero-order valence-electron chi connectivity index (χ0n) is 7.90. The lowest BCUT2D eigenvalue weighted by atomic mass is 10.0. The predicted molar refractivity (Wildman–Crippen MR) is 54.7 cm³/mol. The Kier molecular flexibility index (Phi) is 3.31. The summed E-state index contributed by atoms with van der Waals surface area (Å²) in [5.41, 5.74) is 0.942. The van der Waals surface area contributed by atoms with Gasteiger partial charge in [0.25, 0.3) is 0 Å². The van der Waals surface area contributed by atoms with Crippen molar-refractivity contribution in [3.8, 4) is 5.75 Å². The van der Waals surface area contributed by atoms with Crippen molar-refractivity contribution in [2.45, 2.75) is 19.8 Å². The fraction of sp³-hybridized carbons (Fsp3) is 0.400. The quantitative estimate of drug-likeness (QED) is 0.773. The Morgan fingerprint density at radius 1 is 1.38 bits per heavy atom. The summed E-state index contributed by atoms with van der Waals surface area (Å²) < 4.78 is 18.7. The largest absolute Gasteiger partial charge is 0.495 e. The molecule has 0 saturated heterocycles. The highest BCUT2D eigenvalue weighted by Gasteiger charge is 2.10. The lowest BCUT2D eigenvalue weighted by molar-refractivity contribution is 0.406. The van der Waals surface area contributed by atoms with E-state index < -0.39 is 0 Å². The third-order valence-corrected chi connectivity index (χ3v) is 2.67. The molecule has 0 bridgehead atoms. The van der Waals surface area contributed by atoms with Crippen molar-refractivity contribution < 1.29 is 9.13 Å². The number of methoxy groups -OCH3 is 1. The van der Waals surface area contributed by atoms with Gasteiger partial charge in [-0.3, -0.25) is 0 Å². The number of ether oxygens (including phenoxy) is 1. The monoisotopic (exact) mass is 246 g/mol. The molecule has 0 aromatic heterocycles. The van der Waals surface area contributed by atoms with E-state index in [0.717, 1.165) is 5.56 Å². The van der Waals surface area contributed by atoms with Crippen LogP contribution in [0.5, 0.6) is 5.75 Å². The Balaban J connectivity index is 3.22. The Morgan fingerprint density at radius 2 is 2.00 bits per heavy atom. The molecular weight excluding hydrogens is 235 g/mol. The average Bonchev–Trinajstić information content (AvgIpc) is 2.09. The molecule has 0 N–H and O–H groups in total. The molecule has 72 valence electrons. The Hall–Kier alpha value is -0.570. The van der Waals surface area contributed by atoms with E-state index in [4.69, 9.17) is 4.74 Å². The number of benzene rings is 1. The minimum Gasteiger partial charge on any atom is -0.495 e. The SMILES string of the molecule is COc1cc(C(C)C)cc(F)c1Br. The summed E-state index contributed by atoms with van der Waals surface area (Å²) in [6, 6.07) is 3.37. The van der Waals surface area contributed by atoms with Crippen LogP contribution in [-0.2, 0) is 0 Å². The van der Waals surface area contributed by atoms with Gasteiger partial charge in [-0.05, 0) is 39.5 Å². The van der Waals surface area contributed by atoms with Crippen molar-refractivity contribution in [2.24, 2.45) is 0 Å². The van der Waals surface area contributed by atoms with E-state index in [2.05, 4.69) is 15.9 Å². The van der Waals surface area contributed by atoms with Crippen molar-refractivity contribution in [3.63, 3.8) is 0 Å². The summed E-state index contributed by atoms with van der Waals surface area (Å²) in [5.74, 6) is 0.572. The summed E-state index contributed by atoms with van der Waals surface area (Å²) in [6.07, 6.45) is 0. The van der Waals surface area contributed by atoms with Gasteiger partial charge in [0.2, 0.25) is 0 Å². The average molecular weight is 247 g/mol. The maximum absolute atomic E-state index is 13.3. The molecule has 13 heavy (non-hydrogen) atoms. The van der Waals surface area contributed by atoms with E-state index in [1.165, 1.54) is 13.2 Å². The second-order valence-corrected chi connectivity index (χ2v) is 3.97. The van der Waals surface area contributed by atoms with Gasteiger partial charge in [-0.25, -0.2) is 4.39 Å². The first-order valence-electron chi connectivity index (χ1n) is 4.09. The van der Waals surface area contributed by atoms with Crippen molar-refractivity contribution in [1.29, 1.82) is 0 Å². The van der Waals surface area contributed by atoms with Crippen molar-refractivity contribution in [1.82, 2.24) is 0 Å². The summed E-state index contributed by atoms with van der Waals surface area (Å²) >= 11 is 3.12. The van der Waals surface area contributed by atoms with E-state index >= 15 is 0 Å². The molecule has 0 radical (unpaired) electrons. The molecule has 1 aromatic carbocycles. The van der Waals surface area contributed by atoms with Gasteiger partial charge >= 0.3 is 0 Å². The molecular formula is C10H12BrFO. The molecule has 1 rings (SSSR count). The Bertz CT molecular complexity index is 310. The first-order valence-corrected chi connectivity index (χ1v) is 4.88. The van der Waals surface area contributed by atoms with Crippen molar-refractivity contribution >= 4 is 15.9 Å². The normalized spacial score (nSPS) is 10.6. The zero-order chi connectivity index (χ0) is 10.0. The van der Waals surface area contributed by atoms with E-state index in [9.17, 15) is 4.39 Å². The third kappa shape index (κ3) is 2.21. The first kappa shape index (κ1) is 10.5. The second kappa shape index (κ2) is 4.09. The zero-order valence-corrected chi connectivity index (χ0v) is 9.48. The Morgan fingerprint density at radius 3 is 2.46 bits per heavy atom. The fourth-order valence-electron chi connectivity index (χ4n) is 1.07. The summed E-state index contributed by atoms with van der Waals surface area (Å²) in [4.78, 5) is 0. The van der Waals surface area contributed by atoms with Crippen LogP contribution in [0.2, 0.25) is 0 Å². The maximum atomic E-state index is 13.3. The van der Waals surface area contributed by atoms with Crippen LogP contribution in [0, 0.1) is 5.82 Å². The number of hydrogen-bond acceptors (Lipinski definition) is 1. The first-order chi connectivity index (χ1) is 6.06.